The second kappa shape index (κ2) is 6.60. The number of carbonyl (C=O) groups is 1. The fraction of sp³-hybridized carbons (Fsp3) is 0.923. The maximum absolute atomic E-state index is 12.1. The Kier molecular flexibility index (Phi) is 5.74. The van der Waals surface area contributed by atoms with Crippen molar-refractivity contribution in [3.63, 3.8) is 0 Å². The molecule has 2 rings (SSSR count). The molecule has 0 aromatic heterocycles. The second-order valence-corrected chi connectivity index (χ2v) is 5.70. The summed E-state index contributed by atoms with van der Waals surface area (Å²) in [5, 5.41) is 6.43. The van der Waals surface area contributed by atoms with Crippen LogP contribution in [0.5, 0.6) is 0 Å². The summed E-state index contributed by atoms with van der Waals surface area (Å²) >= 11 is 0. The summed E-state index contributed by atoms with van der Waals surface area (Å²) in [5.41, 5.74) is -0.158. The molecular weight excluding hydrogens is 236 g/mol. The van der Waals surface area contributed by atoms with Gasteiger partial charge in [-0.2, -0.15) is 0 Å². The van der Waals surface area contributed by atoms with Crippen LogP contribution in [0.25, 0.3) is 0 Å². The summed E-state index contributed by atoms with van der Waals surface area (Å²) in [6.07, 6.45) is 7.65. The molecule has 0 bridgehead atoms. The lowest BCUT2D eigenvalue weighted by molar-refractivity contribution is -0.129. The Bertz CT molecular complexity index is 246. The van der Waals surface area contributed by atoms with E-state index in [1.54, 1.807) is 0 Å². The highest BCUT2D eigenvalue weighted by Gasteiger charge is 2.36. The minimum absolute atomic E-state index is 0. The van der Waals surface area contributed by atoms with Crippen molar-refractivity contribution in [3.8, 4) is 0 Å². The predicted molar refractivity (Wildman–Crippen MR) is 72.4 cm³/mol. The largest absolute Gasteiger partial charge is 0.355 e. The van der Waals surface area contributed by atoms with Crippen LogP contribution in [0.15, 0.2) is 0 Å². The van der Waals surface area contributed by atoms with Gasteiger partial charge in [0.05, 0.1) is 5.41 Å². The Morgan fingerprint density at radius 1 is 1.35 bits per heavy atom. The molecule has 0 spiro atoms. The van der Waals surface area contributed by atoms with Crippen LogP contribution in [0, 0.1) is 11.3 Å². The summed E-state index contributed by atoms with van der Waals surface area (Å²) in [6, 6.07) is 0. The van der Waals surface area contributed by atoms with Gasteiger partial charge in [-0.3, -0.25) is 4.79 Å². The first-order valence-corrected chi connectivity index (χ1v) is 6.70. The average Bonchev–Trinajstić information content (AvgIpc) is 2.76. The Balaban J connectivity index is 0.00000144. The molecular formula is C13H25ClN2O. The van der Waals surface area contributed by atoms with E-state index in [4.69, 9.17) is 0 Å². The molecule has 1 saturated heterocycles. The van der Waals surface area contributed by atoms with Gasteiger partial charge in [0.2, 0.25) is 5.91 Å². The Hall–Kier alpha value is -0.280. The van der Waals surface area contributed by atoms with Gasteiger partial charge in [0.15, 0.2) is 0 Å². The molecule has 0 radical (unpaired) electrons. The van der Waals surface area contributed by atoms with Gasteiger partial charge in [-0.15, -0.1) is 12.4 Å². The molecule has 1 saturated carbocycles. The van der Waals surface area contributed by atoms with Gasteiger partial charge in [-0.1, -0.05) is 19.3 Å². The van der Waals surface area contributed by atoms with E-state index in [2.05, 4.69) is 17.6 Å². The number of hydrogen-bond acceptors (Lipinski definition) is 2. The van der Waals surface area contributed by atoms with Gasteiger partial charge in [-0.25, -0.2) is 0 Å². The number of nitrogens with one attached hydrogen (secondary N) is 2. The molecule has 1 atom stereocenters. The third kappa shape index (κ3) is 3.85. The van der Waals surface area contributed by atoms with Crippen molar-refractivity contribution in [1.29, 1.82) is 0 Å². The van der Waals surface area contributed by atoms with E-state index >= 15 is 0 Å². The van der Waals surface area contributed by atoms with E-state index in [0.717, 1.165) is 32.0 Å². The molecule has 1 heterocycles. The summed E-state index contributed by atoms with van der Waals surface area (Å²) < 4.78 is 0. The number of carbonyl (C=O) groups excluding carboxylic acids is 1. The number of halogens is 1. The van der Waals surface area contributed by atoms with Crippen LogP contribution in [0.4, 0.5) is 0 Å². The Labute approximate surface area is 111 Å². The molecule has 4 heteroatoms. The zero-order valence-corrected chi connectivity index (χ0v) is 11.6. The average molecular weight is 261 g/mol. The van der Waals surface area contributed by atoms with Crippen molar-refractivity contribution in [1.82, 2.24) is 10.6 Å². The van der Waals surface area contributed by atoms with Crippen LogP contribution < -0.4 is 10.6 Å². The van der Waals surface area contributed by atoms with Crippen LogP contribution in [0.2, 0.25) is 0 Å². The van der Waals surface area contributed by atoms with Crippen molar-refractivity contribution in [2.24, 2.45) is 11.3 Å². The van der Waals surface area contributed by atoms with Gasteiger partial charge in [0.1, 0.15) is 0 Å². The highest BCUT2D eigenvalue weighted by molar-refractivity contribution is 5.85. The fourth-order valence-electron chi connectivity index (χ4n) is 2.85. The zero-order chi connectivity index (χ0) is 11.4. The third-order valence-corrected chi connectivity index (χ3v) is 4.19. The lowest BCUT2D eigenvalue weighted by Gasteiger charge is -2.26. The minimum atomic E-state index is -0.158. The van der Waals surface area contributed by atoms with E-state index in [-0.39, 0.29) is 23.7 Å². The molecule has 1 amide bonds. The number of hydrogen-bond donors (Lipinski definition) is 2. The van der Waals surface area contributed by atoms with E-state index in [1.807, 2.05) is 0 Å². The maximum atomic E-state index is 12.1. The zero-order valence-electron chi connectivity index (χ0n) is 10.8. The van der Waals surface area contributed by atoms with Gasteiger partial charge in [-0.05, 0) is 38.6 Å². The van der Waals surface area contributed by atoms with Crippen LogP contribution in [0.3, 0.4) is 0 Å². The van der Waals surface area contributed by atoms with Gasteiger partial charge < -0.3 is 10.6 Å². The van der Waals surface area contributed by atoms with Gasteiger partial charge in [0, 0.05) is 13.1 Å². The first-order valence-electron chi connectivity index (χ1n) is 6.70. The molecule has 1 aliphatic carbocycles. The summed E-state index contributed by atoms with van der Waals surface area (Å²) in [7, 11) is 0. The van der Waals surface area contributed by atoms with E-state index in [1.165, 1.54) is 32.1 Å². The fourth-order valence-corrected chi connectivity index (χ4v) is 2.85. The lowest BCUT2D eigenvalue weighted by Crippen LogP contribution is -2.42. The molecule has 2 fully saturated rings. The van der Waals surface area contributed by atoms with Crippen LogP contribution in [-0.2, 0) is 4.79 Å². The molecule has 3 nitrogen and oxygen atoms in total. The lowest BCUT2D eigenvalue weighted by atomic mass is 9.87. The highest BCUT2D eigenvalue weighted by atomic mass is 35.5. The van der Waals surface area contributed by atoms with Crippen molar-refractivity contribution in [3.05, 3.63) is 0 Å². The van der Waals surface area contributed by atoms with Gasteiger partial charge >= 0.3 is 0 Å². The summed E-state index contributed by atoms with van der Waals surface area (Å²) in [5.74, 6) is 0.985. The Morgan fingerprint density at radius 2 is 2.06 bits per heavy atom. The van der Waals surface area contributed by atoms with Crippen LogP contribution in [0.1, 0.15) is 45.4 Å². The first kappa shape index (κ1) is 14.8. The SMILES string of the molecule is CC1(C(=O)NCC2CCCCC2)CCNC1.Cl. The van der Waals surface area contributed by atoms with Crippen molar-refractivity contribution in [2.45, 2.75) is 45.4 Å². The van der Waals surface area contributed by atoms with Crippen molar-refractivity contribution >= 4 is 18.3 Å². The molecule has 0 aromatic rings. The molecule has 2 N–H and O–H groups in total. The summed E-state index contributed by atoms with van der Waals surface area (Å²) in [6.45, 7) is 4.79. The predicted octanol–water partition coefficient (Wildman–Crippen LogP) is 2.10. The minimum Gasteiger partial charge on any atom is -0.355 e. The van der Waals surface area contributed by atoms with E-state index in [0.29, 0.717) is 0 Å². The Morgan fingerprint density at radius 3 is 2.65 bits per heavy atom. The van der Waals surface area contributed by atoms with Crippen molar-refractivity contribution in [2.75, 3.05) is 19.6 Å². The van der Waals surface area contributed by atoms with E-state index < -0.39 is 0 Å². The summed E-state index contributed by atoms with van der Waals surface area (Å²) in [4.78, 5) is 12.1. The van der Waals surface area contributed by atoms with E-state index in [9.17, 15) is 4.79 Å². The molecule has 1 unspecified atom stereocenters. The number of rotatable bonds is 3. The third-order valence-electron chi connectivity index (χ3n) is 4.19. The maximum Gasteiger partial charge on any atom is 0.227 e. The molecule has 1 aliphatic heterocycles. The molecule has 2 aliphatic rings. The number of amides is 1. The topological polar surface area (TPSA) is 41.1 Å². The molecule has 0 aromatic carbocycles. The van der Waals surface area contributed by atoms with Crippen LogP contribution >= 0.6 is 12.4 Å². The second-order valence-electron chi connectivity index (χ2n) is 5.70. The van der Waals surface area contributed by atoms with Crippen molar-refractivity contribution < 1.29 is 4.79 Å². The monoisotopic (exact) mass is 260 g/mol. The van der Waals surface area contributed by atoms with Gasteiger partial charge in [0.25, 0.3) is 0 Å². The smallest absolute Gasteiger partial charge is 0.227 e. The normalized spacial score (nSPS) is 29.7. The quantitative estimate of drug-likeness (QED) is 0.816. The van der Waals surface area contributed by atoms with Crippen LogP contribution in [-0.4, -0.2) is 25.5 Å². The highest BCUT2D eigenvalue weighted by Crippen LogP contribution is 2.26. The first-order chi connectivity index (χ1) is 7.71. The standard InChI is InChI=1S/C13H24N2O.ClH/c1-13(7-8-14-10-13)12(16)15-9-11-5-3-2-4-6-11;/h11,14H,2-10H2,1H3,(H,15,16);1H. The molecule has 100 valence electrons. The molecule has 17 heavy (non-hydrogen) atoms.